The maximum absolute atomic E-state index is 12.6. The van der Waals surface area contributed by atoms with Gasteiger partial charge in [-0.2, -0.15) is 0 Å². The molecule has 122 valence electrons. The second-order valence-corrected chi connectivity index (χ2v) is 7.91. The number of carbonyl (C=O) groups excluding carboxylic acids is 1. The summed E-state index contributed by atoms with van der Waals surface area (Å²) in [7, 11) is 0. The number of benzene rings is 1. The van der Waals surface area contributed by atoms with Crippen LogP contribution in [0, 0.1) is 11.8 Å². The van der Waals surface area contributed by atoms with Crippen LogP contribution in [0.1, 0.15) is 73.7 Å². The molecule has 2 fully saturated rings. The number of ether oxygens (including phenoxy) is 1. The van der Waals surface area contributed by atoms with Gasteiger partial charge in [-0.05, 0) is 80.9 Å². The molecule has 0 saturated heterocycles. The molecule has 0 spiro atoms. The first kappa shape index (κ1) is 15.0. The van der Waals surface area contributed by atoms with Gasteiger partial charge in [-0.1, -0.05) is 30.7 Å². The van der Waals surface area contributed by atoms with Gasteiger partial charge < -0.3 is 4.74 Å². The summed E-state index contributed by atoms with van der Waals surface area (Å²) >= 11 is 0. The Labute approximate surface area is 138 Å². The topological polar surface area (TPSA) is 26.3 Å². The minimum Gasteiger partial charge on any atom is -0.456 e. The van der Waals surface area contributed by atoms with E-state index in [1.54, 1.807) is 0 Å². The third-order valence-electron chi connectivity index (χ3n) is 6.08. The third kappa shape index (κ3) is 2.96. The van der Waals surface area contributed by atoms with E-state index in [2.05, 4.69) is 31.2 Å². The summed E-state index contributed by atoms with van der Waals surface area (Å²) in [5, 5.41) is 0. The zero-order valence-corrected chi connectivity index (χ0v) is 14.0. The maximum Gasteiger partial charge on any atom is 0.338 e. The highest BCUT2D eigenvalue weighted by Gasteiger charge is 2.37. The smallest absolute Gasteiger partial charge is 0.338 e. The summed E-state index contributed by atoms with van der Waals surface area (Å²) in [6.45, 7) is 2.09. The number of rotatable bonds is 3. The van der Waals surface area contributed by atoms with Gasteiger partial charge >= 0.3 is 5.97 Å². The van der Waals surface area contributed by atoms with Gasteiger partial charge in [0, 0.05) is 0 Å². The number of hydrogen-bond donors (Lipinski definition) is 0. The van der Waals surface area contributed by atoms with E-state index in [9.17, 15) is 4.79 Å². The molecule has 2 saturated carbocycles. The Morgan fingerprint density at radius 3 is 2.65 bits per heavy atom. The van der Waals surface area contributed by atoms with Gasteiger partial charge in [0.2, 0.25) is 0 Å². The van der Waals surface area contributed by atoms with Crippen molar-refractivity contribution < 1.29 is 9.53 Å². The lowest BCUT2D eigenvalue weighted by molar-refractivity contribution is -0.0269. The number of fused-ring (bicyclic) bond motifs is 2. The summed E-state index contributed by atoms with van der Waals surface area (Å²) in [6, 6.07) is 8.18. The SMILES string of the molecule is CC1(OC(=O)c2cccc(C3CC4C=CC3C4)c2)CCCCC1. The molecule has 2 nitrogen and oxygen atoms in total. The van der Waals surface area contributed by atoms with Crippen molar-refractivity contribution in [1.29, 1.82) is 0 Å². The standard InChI is InChI=1S/C21H26O2/c1-21(10-3-2-4-11-21)23-20(22)18-7-5-6-16(14-18)19-13-15-8-9-17(19)12-15/h5-9,14-15,17,19H,2-4,10-13H2,1H3. The van der Waals surface area contributed by atoms with E-state index in [0.29, 0.717) is 11.8 Å². The number of esters is 1. The Hall–Kier alpha value is -1.57. The highest BCUT2D eigenvalue weighted by atomic mass is 16.6. The number of carbonyl (C=O) groups is 1. The zero-order valence-electron chi connectivity index (χ0n) is 14.0. The van der Waals surface area contributed by atoms with Crippen LogP contribution in [0.3, 0.4) is 0 Å². The van der Waals surface area contributed by atoms with E-state index >= 15 is 0 Å². The Morgan fingerprint density at radius 2 is 1.96 bits per heavy atom. The Morgan fingerprint density at radius 1 is 1.13 bits per heavy atom. The Kier molecular flexibility index (Phi) is 3.79. The van der Waals surface area contributed by atoms with Crippen molar-refractivity contribution in [2.24, 2.45) is 11.8 Å². The molecule has 3 atom stereocenters. The molecular weight excluding hydrogens is 284 g/mol. The average Bonchev–Trinajstić information content (AvgIpc) is 3.18. The predicted molar refractivity (Wildman–Crippen MR) is 91.4 cm³/mol. The lowest BCUT2D eigenvalue weighted by Crippen LogP contribution is -2.33. The molecule has 0 heterocycles. The number of hydrogen-bond acceptors (Lipinski definition) is 2. The van der Waals surface area contributed by atoms with Crippen molar-refractivity contribution >= 4 is 5.97 Å². The minimum atomic E-state index is -0.263. The van der Waals surface area contributed by atoms with E-state index in [1.165, 1.54) is 37.7 Å². The van der Waals surface area contributed by atoms with Crippen molar-refractivity contribution in [3.8, 4) is 0 Å². The van der Waals surface area contributed by atoms with Crippen LogP contribution in [0.5, 0.6) is 0 Å². The van der Waals surface area contributed by atoms with Crippen LogP contribution >= 0.6 is 0 Å². The summed E-state index contributed by atoms with van der Waals surface area (Å²) in [6.07, 6.45) is 12.8. The zero-order chi connectivity index (χ0) is 15.9. The highest BCUT2D eigenvalue weighted by Crippen LogP contribution is 2.48. The van der Waals surface area contributed by atoms with E-state index in [-0.39, 0.29) is 11.6 Å². The largest absolute Gasteiger partial charge is 0.456 e. The molecule has 3 aliphatic carbocycles. The van der Waals surface area contributed by atoms with Crippen LogP contribution in [-0.2, 0) is 4.74 Å². The van der Waals surface area contributed by atoms with Crippen LogP contribution in [0.25, 0.3) is 0 Å². The van der Waals surface area contributed by atoms with Crippen molar-refractivity contribution in [1.82, 2.24) is 0 Å². The van der Waals surface area contributed by atoms with Crippen molar-refractivity contribution in [2.45, 2.75) is 63.4 Å². The second kappa shape index (κ2) is 5.81. The van der Waals surface area contributed by atoms with Gasteiger partial charge in [0.25, 0.3) is 0 Å². The van der Waals surface area contributed by atoms with Gasteiger partial charge in [-0.25, -0.2) is 4.79 Å². The van der Waals surface area contributed by atoms with Crippen LogP contribution in [0.4, 0.5) is 0 Å². The maximum atomic E-state index is 12.6. The molecular formula is C21H26O2. The van der Waals surface area contributed by atoms with Crippen LogP contribution in [-0.4, -0.2) is 11.6 Å². The quantitative estimate of drug-likeness (QED) is 0.563. The molecule has 0 N–H and O–H groups in total. The monoisotopic (exact) mass is 310 g/mol. The molecule has 3 aliphatic rings. The van der Waals surface area contributed by atoms with E-state index in [1.807, 2.05) is 12.1 Å². The summed E-state index contributed by atoms with van der Waals surface area (Å²) < 4.78 is 5.89. The molecule has 0 aromatic heterocycles. The van der Waals surface area contributed by atoms with Crippen molar-refractivity contribution in [3.05, 3.63) is 47.5 Å². The summed E-state index contributed by atoms with van der Waals surface area (Å²) in [4.78, 5) is 12.6. The fourth-order valence-electron chi connectivity index (χ4n) is 4.74. The van der Waals surface area contributed by atoms with E-state index in [4.69, 9.17) is 4.74 Å². The molecule has 0 radical (unpaired) electrons. The molecule has 2 heteroatoms. The first-order chi connectivity index (χ1) is 11.1. The molecule has 2 bridgehead atoms. The van der Waals surface area contributed by atoms with Crippen molar-refractivity contribution in [3.63, 3.8) is 0 Å². The Bertz CT molecular complexity index is 624. The molecule has 0 aliphatic heterocycles. The minimum absolute atomic E-state index is 0.144. The third-order valence-corrected chi connectivity index (χ3v) is 6.08. The fourth-order valence-corrected chi connectivity index (χ4v) is 4.74. The van der Waals surface area contributed by atoms with Gasteiger partial charge in [0.05, 0.1) is 5.56 Å². The Balaban J connectivity index is 1.49. The lowest BCUT2D eigenvalue weighted by atomic mass is 9.85. The number of allylic oxidation sites excluding steroid dienone is 2. The normalized spacial score (nSPS) is 31.3. The van der Waals surface area contributed by atoms with Gasteiger partial charge in [0.15, 0.2) is 0 Å². The molecule has 4 rings (SSSR count). The first-order valence-electron chi connectivity index (χ1n) is 9.15. The first-order valence-corrected chi connectivity index (χ1v) is 9.15. The van der Waals surface area contributed by atoms with Gasteiger partial charge in [-0.3, -0.25) is 0 Å². The van der Waals surface area contributed by atoms with E-state index < -0.39 is 0 Å². The van der Waals surface area contributed by atoms with Crippen LogP contribution < -0.4 is 0 Å². The molecule has 0 amide bonds. The summed E-state index contributed by atoms with van der Waals surface area (Å²) in [5.41, 5.74) is 1.77. The molecule has 3 unspecified atom stereocenters. The molecule has 1 aromatic carbocycles. The predicted octanol–water partition coefficient (Wildman–Crippen LogP) is 5.25. The van der Waals surface area contributed by atoms with Crippen LogP contribution in [0.2, 0.25) is 0 Å². The second-order valence-electron chi connectivity index (χ2n) is 7.91. The summed E-state index contributed by atoms with van der Waals surface area (Å²) in [5.74, 6) is 1.86. The molecule has 23 heavy (non-hydrogen) atoms. The van der Waals surface area contributed by atoms with E-state index in [0.717, 1.165) is 24.3 Å². The fraction of sp³-hybridized carbons (Fsp3) is 0.571. The molecule has 1 aromatic rings. The lowest BCUT2D eigenvalue weighted by Gasteiger charge is -2.33. The van der Waals surface area contributed by atoms with Gasteiger partial charge in [0.1, 0.15) is 5.60 Å². The highest BCUT2D eigenvalue weighted by molar-refractivity contribution is 5.90. The van der Waals surface area contributed by atoms with Gasteiger partial charge in [-0.15, -0.1) is 0 Å². The average molecular weight is 310 g/mol. The van der Waals surface area contributed by atoms with Crippen molar-refractivity contribution in [2.75, 3.05) is 0 Å². The van der Waals surface area contributed by atoms with Crippen LogP contribution in [0.15, 0.2) is 36.4 Å².